The number of rotatable bonds is 3. The molecule has 0 saturated carbocycles. The van der Waals surface area contributed by atoms with Gasteiger partial charge in [0.25, 0.3) is 0 Å². The number of alkyl halides is 1. The lowest BCUT2D eigenvalue weighted by Gasteiger charge is -2.16. The van der Waals surface area contributed by atoms with Crippen LogP contribution in [-0.4, -0.2) is 29.3 Å². The van der Waals surface area contributed by atoms with E-state index < -0.39 is 0 Å². The van der Waals surface area contributed by atoms with Crippen molar-refractivity contribution >= 4 is 40.7 Å². The van der Waals surface area contributed by atoms with E-state index >= 15 is 0 Å². The van der Waals surface area contributed by atoms with Crippen LogP contribution >= 0.6 is 34.8 Å². The monoisotopic (exact) mass is 291 g/mol. The van der Waals surface area contributed by atoms with Crippen LogP contribution < -0.4 is 0 Å². The van der Waals surface area contributed by atoms with Crippen LogP contribution in [-0.2, 0) is 11.2 Å². The Balaban J connectivity index is 1.96. The molecule has 1 amide bonds. The van der Waals surface area contributed by atoms with Gasteiger partial charge < -0.3 is 4.90 Å². The lowest BCUT2D eigenvalue weighted by Crippen LogP contribution is -2.27. The number of carbonyl (C=O) groups excluding carboxylic acids is 1. The zero-order valence-electron chi connectivity index (χ0n) is 9.13. The van der Waals surface area contributed by atoms with Gasteiger partial charge in [0.2, 0.25) is 5.91 Å². The average molecular weight is 293 g/mol. The third-order valence-corrected chi connectivity index (χ3v) is 3.71. The first-order valence-electron chi connectivity index (χ1n) is 5.42. The Morgan fingerprint density at radius 3 is 2.71 bits per heavy atom. The fourth-order valence-corrected chi connectivity index (χ4v) is 2.72. The van der Waals surface area contributed by atoms with Gasteiger partial charge in [0, 0.05) is 29.6 Å². The zero-order chi connectivity index (χ0) is 12.4. The van der Waals surface area contributed by atoms with Crippen molar-refractivity contribution in [1.82, 2.24) is 4.90 Å². The summed E-state index contributed by atoms with van der Waals surface area (Å²) in [6.45, 7) is 1.29. The van der Waals surface area contributed by atoms with Gasteiger partial charge in [-0.15, -0.1) is 11.6 Å². The number of nitrogens with zero attached hydrogens (tertiary/aromatic N) is 1. The fourth-order valence-electron chi connectivity index (χ4n) is 1.92. The summed E-state index contributed by atoms with van der Waals surface area (Å²) in [4.78, 5) is 13.3. The third-order valence-electron chi connectivity index (χ3n) is 2.83. The summed E-state index contributed by atoms with van der Waals surface area (Å²) in [5, 5.41) is 1.21. The highest BCUT2D eigenvalue weighted by atomic mass is 35.5. The zero-order valence-corrected chi connectivity index (χ0v) is 11.4. The van der Waals surface area contributed by atoms with Crippen molar-refractivity contribution in [2.24, 2.45) is 0 Å². The van der Waals surface area contributed by atoms with Crippen LogP contribution in [0.3, 0.4) is 0 Å². The molecule has 0 aliphatic carbocycles. The van der Waals surface area contributed by atoms with E-state index in [1.54, 1.807) is 17.0 Å². The summed E-state index contributed by atoms with van der Waals surface area (Å²) in [5.74, 6) is 0.120. The Kier molecular flexibility index (Phi) is 4.18. The molecule has 0 spiro atoms. The van der Waals surface area contributed by atoms with Crippen LogP contribution in [0.4, 0.5) is 0 Å². The predicted molar refractivity (Wildman–Crippen MR) is 71.0 cm³/mol. The molecule has 1 aromatic rings. The van der Waals surface area contributed by atoms with Crippen molar-refractivity contribution in [3.05, 3.63) is 33.8 Å². The predicted octanol–water partition coefficient (Wildman–Crippen LogP) is 3.38. The van der Waals surface area contributed by atoms with E-state index in [1.165, 1.54) is 0 Å². The van der Waals surface area contributed by atoms with E-state index in [0.717, 1.165) is 12.0 Å². The Morgan fingerprint density at radius 1 is 1.35 bits per heavy atom. The molecule has 2 nitrogen and oxygen atoms in total. The van der Waals surface area contributed by atoms with E-state index in [-0.39, 0.29) is 11.3 Å². The van der Waals surface area contributed by atoms with Crippen molar-refractivity contribution in [3.63, 3.8) is 0 Å². The van der Waals surface area contributed by atoms with Crippen LogP contribution in [0.25, 0.3) is 0 Å². The Morgan fingerprint density at radius 2 is 2.12 bits per heavy atom. The minimum atomic E-state index is -0.0526. The second kappa shape index (κ2) is 5.47. The van der Waals surface area contributed by atoms with Crippen molar-refractivity contribution in [3.8, 4) is 0 Å². The van der Waals surface area contributed by atoms with E-state index in [0.29, 0.717) is 29.6 Å². The second-order valence-electron chi connectivity index (χ2n) is 4.13. The Labute approximate surface area is 115 Å². The Bertz CT molecular complexity index is 436. The molecule has 1 aliphatic rings. The van der Waals surface area contributed by atoms with Gasteiger partial charge in [0.05, 0.1) is 5.38 Å². The Hall–Kier alpha value is -0.440. The minimum absolute atomic E-state index is 0.0526. The van der Waals surface area contributed by atoms with Crippen molar-refractivity contribution in [1.29, 1.82) is 0 Å². The molecule has 1 saturated heterocycles. The first-order chi connectivity index (χ1) is 8.06. The molecule has 0 N–H and O–H groups in total. The molecule has 2 rings (SSSR count). The summed E-state index contributed by atoms with van der Waals surface area (Å²) in [6, 6.07) is 5.41. The first-order valence-corrected chi connectivity index (χ1v) is 6.61. The highest BCUT2D eigenvalue weighted by Crippen LogP contribution is 2.22. The smallest absolute Gasteiger partial charge is 0.224 e. The van der Waals surface area contributed by atoms with Crippen LogP contribution in [0.5, 0.6) is 0 Å². The number of amides is 1. The number of halogens is 3. The molecule has 0 radical (unpaired) electrons. The van der Waals surface area contributed by atoms with Gasteiger partial charge >= 0.3 is 0 Å². The van der Waals surface area contributed by atoms with E-state index in [9.17, 15) is 4.79 Å². The highest BCUT2D eigenvalue weighted by Gasteiger charge is 2.27. The van der Waals surface area contributed by atoms with E-state index in [4.69, 9.17) is 34.8 Å². The van der Waals surface area contributed by atoms with Gasteiger partial charge in [-0.2, -0.15) is 0 Å². The number of likely N-dealkylation sites (tertiary alicyclic amines) is 1. The number of hydrogen-bond donors (Lipinski definition) is 0. The minimum Gasteiger partial charge on any atom is -0.341 e. The topological polar surface area (TPSA) is 20.3 Å². The summed E-state index contributed by atoms with van der Waals surface area (Å²) in [5.41, 5.74) is 1.00. The third kappa shape index (κ3) is 3.27. The molecule has 5 heteroatoms. The van der Waals surface area contributed by atoms with Gasteiger partial charge in [-0.05, 0) is 24.1 Å². The molecule has 1 fully saturated rings. The number of hydrogen-bond acceptors (Lipinski definition) is 1. The largest absolute Gasteiger partial charge is 0.341 e. The maximum absolute atomic E-state index is 11.5. The molecule has 1 aromatic carbocycles. The summed E-state index contributed by atoms with van der Waals surface area (Å²) >= 11 is 17.8. The maximum Gasteiger partial charge on any atom is 0.224 e. The second-order valence-corrected chi connectivity index (χ2v) is 5.59. The molecule has 0 aromatic heterocycles. The molecular weight excluding hydrogens is 280 g/mol. The van der Waals surface area contributed by atoms with Crippen molar-refractivity contribution in [2.45, 2.75) is 18.2 Å². The van der Waals surface area contributed by atoms with Gasteiger partial charge in [0.1, 0.15) is 0 Å². The number of benzene rings is 1. The van der Waals surface area contributed by atoms with Crippen LogP contribution in [0, 0.1) is 0 Å². The molecule has 1 heterocycles. The van der Waals surface area contributed by atoms with Crippen molar-refractivity contribution in [2.75, 3.05) is 13.1 Å². The van der Waals surface area contributed by atoms with Gasteiger partial charge in [-0.1, -0.05) is 29.3 Å². The van der Waals surface area contributed by atoms with Gasteiger partial charge in [0.15, 0.2) is 0 Å². The summed E-state index contributed by atoms with van der Waals surface area (Å²) in [6.07, 6.45) is 1.17. The van der Waals surface area contributed by atoms with Gasteiger partial charge in [-0.3, -0.25) is 4.79 Å². The molecule has 0 bridgehead atoms. The normalized spacial score (nSPS) is 20.1. The van der Waals surface area contributed by atoms with Crippen molar-refractivity contribution < 1.29 is 4.79 Å². The maximum atomic E-state index is 11.5. The van der Waals surface area contributed by atoms with Crippen LogP contribution in [0.2, 0.25) is 10.0 Å². The van der Waals surface area contributed by atoms with Gasteiger partial charge in [-0.25, -0.2) is 0 Å². The lowest BCUT2D eigenvalue weighted by molar-refractivity contribution is -0.127. The van der Waals surface area contributed by atoms with E-state index in [1.807, 2.05) is 6.07 Å². The molecule has 92 valence electrons. The molecule has 1 unspecified atom stereocenters. The molecule has 17 heavy (non-hydrogen) atoms. The molecule has 1 atom stereocenters. The van der Waals surface area contributed by atoms with Crippen LogP contribution in [0.1, 0.15) is 12.0 Å². The number of carbonyl (C=O) groups is 1. The standard InChI is InChI=1S/C12H12Cl3NO/c13-9-2-1-8(11(15)5-9)3-4-16-7-10(14)6-12(16)17/h1-2,5,10H,3-4,6-7H2. The average Bonchev–Trinajstić information content (AvgIpc) is 2.56. The highest BCUT2D eigenvalue weighted by molar-refractivity contribution is 6.35. The molecule has 1 aliphatic heterocycles. The summed E-state index contributed by atoms with van der Waals surface area (Å²) in [7, 11) is 0. The quantitative estimate of drug-likeness (QED) is 0.782. The lowest BCUT2D eigenvalue weighted by atomic mass is 10.1. The summed E-state index contributed by atoms with van der Waals surface area (Å²) < 4.78 is 0. The SMILES string of the molecule is O=C1CC(Cl)CN1CCc1ccc(Cl)cc1Cl. The fraction of sp³-hybridized carbons (Fsp3) is 0.417. The molecular formula is C12H12Cl3NO. The van der Waals surface area contributed by atoms with E-state index in [2.05, 4.69) is 0 Å². The van der Waals surface area contributed by atoms with Crippen LogP contribution in [0.15, 0.2) is 18.2 Å². The first kappa shape index (κ1) is 13.0.